The molecule has 0 aliphatic carbocycles. The van der Waals surface area contributed by atoms with Crippen LogP contribution in [0, 0.1) is 0 Å². The quantitative estimate of drug-likeness (QED) is 0.708. The third-order valence-corrected chi connectivity index (χ3v) is 2.25. The van der Waals surface area contributed by atoms with E-state index in [0.29, 0.717) is 0 Å². The van der Waals surface area contributed by atoms with Crippen molar-refractivity contribution in [3.05, 3.63) is 48.2 Å². The minimum atomic E-state index is 0.967. The number of aryl methyl sites for hydroxylation is 1. The lowest BCUT2D eigenvalue weighted by molar-refractivity contribution is 0.578. The molecule has 1 aromatic heterocycles. The van der Waals surface area contributed by atoms with Crippen molar-refractivity contribution in [3.63, 3.8) is 0 Å². The van der Waals surface area contributed by atoms with Crippen LogP contribution >= 0.6 is 0 Å². The highest BCUT2D eigenvalue weighted by Crippen LogP contribution is 2.22. The SMILES string of the molecule is CCCc1coc(-c2ccccc2)c1. The average molecular weight is 186 g/mol. The molecule has 0 radical (unpaired) electrons. The van der Waals surface area contributed by atoms with Gasteiger partial charge in [0.25, 0.3) is 0 Å². The highest BCUT2D eigenvalue weighted by molar-refractivity contribution is 5.57. The normalized spacial score (nSPS) is 10.4. The first-order valence-electron chi connectivity index (χ1n) is 5.03. The zero-order valence-corrected chi connectivity index (χ0v) is 8.36. The second kappa shape index (κ2) is 4.14. The Bertz CT molecular complexity index is 387. The summed E-state index contributed by atoms with van der Waals surface area (Å²) in [5.74, 6) is 0.967. The fourth-order valence-electron chi connectivity index (χ4n) is 1.55. The summed E-state index contributed by atoms with van der Waals surface area (Å²) < 4.78 is 5.50. The summed E-state index contributed by atoms with van der Waals surface area (Å²) in [5, 5.41) is 0. The van der Waals surface area contributed by atoms with Gasteiger partial charge in [0.2, 0.25) is 0 Å². The summed E-state index contributed by atoms with van der Waals surface area (Å²) in [4.78, 5) is 0. The van der Waals surface area contributed by atoms with E-state index in [9.17, 15) is 0 Å². The Morgan fingerprint density at radius 2 is 1.93 bits per heavy atom. The molecule has 72 valence electrons. The molecule has 1 aromatic carbocycles. The minimum absolute atomic E-state index is 0.967. The van der Waals surface area contributed by atoms with Crippen molar-refractivity contribution < 1.29 is 4.42 Å². The molecule has 1 heteroatoms. The second-order valence-corrected chi connectivity index (χ2v) is 3.44. The van der Waals surface area contributed by atoms with Gasteiger partial charge in [0.15, 0.2) is 0 Å². The summed E-state index contributed by atoms with van der Waals surface area (Å²) >= 11 is 0. The van der Waals surface area contributed by atoms with Crippen LogP contribution in [0.5, 0.6) is 0 Å². The van der Waals surface area contributed by atoms with Crippen molar-refractivity contribution in [1.82, 2.24) is 0 Å². The van der Waals surface area contributed by atoms with E-state index in [1.165, 1.54) is 5.56 Å². The summed E-state index contributed by atoms with van der Waals surface area (Å²) in [6, 6.07) is 12.3. The van der Waals surface area contributed by atoms with Gasteiger partial charge in [-0.25, -0.2) is 0 Å². The van der Waals surface area contributed by atoms with Crippen LogP contribution in [-0.4, -0.2) is 0 Å². The van der Waals surface area contributed by atoms with Gasteiger partial charge in [0.1, 0.15) is 5.76 Å². The molecule has 0 fully saturated rings. The van der Waals surface area contributed by atoms with E-state index >= 15 is 0 Å². The predicted molar refractivity (Wildman–Crippen MR) is 58.1 cm³/mol. The van der Waals surface area contributed by atoms with Crippen molar-refractivity contribution in [2.24, 2.45) is 0 Å². The summed E-state index contributed by atoms with van der Waals surface area (Å²) in [6.45, 7) is 2.18. The van der Waals surface area contributed by atoms with E-state index in [0.717, 1.165) is 24.2 Å². The lowest BCUT2D eigenvalue weighted by Gasteiger charge is -1.93. The lowest BCUT2D eigenvalue weighted by atomic mass is 10.1. The molecule has 0 bridgehead atoms. The van der Waals surface area contributed by atoms with Gasteiger partial charge >= 0.3 is 0 Å². The molecule has 0 saturated heterocycles. The van der Waals surface area contributed by atoms with E-state index in [4.69, 9.17) is 4.42 Å². The van der Waals surface area contributed by atoms with Crippen LogP contribution in [0.15, 0.2) is 47.1 Å². The Balaban J connectivity index is 2.25. The highest BCUT2D eigenvalue weighted by atomic mass is 16.3. The van der Waals surface area contributed by atoms with Gasteiger partial charge in [0.05, 0.1) is 6.26 Å². The molecule has 14 heavy (non-hydrogen) atoms. The molecule has 0 N–H and O–H groups in total. The number of rotatable bonds is 3. The fraction of sp³-hybridized carbons (Fsp3) is 0.231. The third-order valence-electron chi connectivity index (χ3n) is 2.25. The van der Waals surface area contributed by atoms with E-state index in [1.807, 2.05) is 24.5 Å². The Labute approximate surface area is 84.4 Å². The van der Waals surface area contributed by atoms with Gasteiger partial charge in [-0.05, 0) is 18.1 Å². The van der Waals surface area contributed by atoms with Crippen LogP contribution in [-0.2, 0) is 6.42 Å². The second-order valence-electron chi connectivity index (χ2n) is 3.44. The molecule has 0 atom stereocenters. The zero-order valence-electron chi connectivity index (χ0n) is 8.36. The monoisotopic (exact) mass is 186 g/mol. The van der Waals surface area contributed by atoms with Gasteiger partial charge in [0, 0.05) is 5.56 Å². The smallest absolute Gasteiger partial charge is 0.134 e. The van der Waals surface area contributed by atoms with Crippen molar-refractivity contribution in [1.29, 1.82) is 0 Å². The standard InChI is InChI=1S/C13H14O/c1-2-6-11-9-13(14-10-11)12-7-4-3-5-8-12/h3-5,7-10H,2,6H2,1H3. The number of benzene rings is 1. The molecule has 0 amide bonds. The maximum absolute atomic E-state index is 5.50. The van der Waals surface area contributed by atoms with Crippen LogP contribution in [0.3, 0.4) is 0 Å². The molecule has 0 spiro atoms. The maximum atomic E-state index is 5.50. The Morgan fingerprint density at radius 1 is 1.14 bits per heavy atom. The predicted octanol–water partition coefficient (Wildman–Crippen LogP) is 3.90. The molecule has 0 aliphatic rings. The first-order valence-corrected chi connectivity index (χ1v) is 5.03. The van der Waals surface area contributed by atoms with Gasteiger partial charge in [-0.15, -0.1) is 0 Å². The molecule has 2 rings (SSSR count). The van der Waals surface area contributed by atoms with E-state index in [1.54, 1.807) is 0 Å². The number of furan rings is 1. The summed E-state index contributed by atoms with van der Waals surface area (Å²) in [5.41, 5.74) is 2.43. The highest BCUT2D eigenvalue weighted by Gasteiger charge is 2.02. The first-order chi connectivity index (χ1) is 6.90. The van der Waals surface area contributed by atoms with Crippen molar-refractivity contribution >= 4 is 0 Å². The largest absolute Gasteiger partial charge is 0.464 e. The van der Waals surface area contributed by atoms with Gasteiger partial charge in [-0.2, -0.15) is 0 Å². The van der Waals surface area contributed by atoms with Gasteiger partial charge < -0.3 is 4.42 Å². The van der Waals surface area contributed by atoms with E-state index in [2.05, 4.69) is 25.1 Å². The summed E-state index contributed by atoms with van der Waals surface area (Å²) in [6.07, 6.45) is 4.11. The zero-order chi connectivity index (χ0) is 9.80. The molecule has 1 heterocycles. The van der Waals surface area contributed by atoms with Crippen LogP contribution in [0.2, 0.25) is 0 Å². The van der Waals surface area contributed by atoms with Crippen LogP contribution in [0.25, 0.3) is 11.3 Å². The van der Waals surface area contributed by atoms with E-state index < -0.39 is 0 Å². The minimum Gasteiger partial charge on any atom is -0.464 e. The van der Waals surface area contributed by atoms with Crippen LogP contribution in [0.1, 0.15) is 18.9 Å². The lowest BCUT2D eigenvalue weighted by Crippen LogP contribution is -1.75. The van der Waals surface area contributed by atoms with Crippen molar-refractivity contribution in [2.45, 2.75) is 19.8 Å². The Morgan fingerprint density at radius 3 is 2.64 bits per heavy atom. The average Bonchev–Trinajstić information content (AvgIpc) is 2.68. The molecule has 1 nitrogen and oxygen atoms in total. The van der Waals surface area contributed by atoms with Gasteiger partial charge in [-0.1, -0.05) is 43.7 Å². The molecule has 0 saturated carbocycles. The Hall–Kier alpha value is -1.50. The molecular formula is C13H14O. The number of hydrogen-bond donors (Lipinski definition) is 0. The van der Waals surface area contributed by atoms with Crippen LogP contribution < -0.4 is 0 Å². The topological polar surface area (TPSA) is 13.1 Å². The molecule has 0 unspecified atom stereocenters. The summed E-state index contributed by atoms with van der Waals surface area (Å²) in [7, 11) is 0. The number of hydrogen-bond acceptors (Lipinski definition) is 1. The third kappa shape index (κ3) is 1.87. The molecule has 2 aromatic rings. The van der Waals surface area contributed by atoms with E-state index in [-0.39, 0.29) is 0 Å². The van der Waals surface area contributed by atoms with Crippen molar-refractivity contribution in [3.8, 4) is 11.3 Å². The molecular weight excluding hydrogens is 172 g/mol. The maximum Gasteiger partial charge on any atom is 0.134 e. The molecule has 0 aliphatic heterocycles. The van der Waals surface area contributed by atoms with Crippen molar-refractivity contribution in [2.75, 3.05) is 0 Å². The van der Waals surface area contributed by atoms with Gasteiger partial charge in [-0.3, -0.25) is 0 Å². The Kier molecular flexibility index (Phi) is 2.68. The fourth-order valence-corrected chi connectivity index (χ4v) is 1.55. The first kappa shape index (κ1) is 9.07. The van der Waals surface area contributed by atoms with Crippen LogP contribution in [0.4, 0.5) is 0 Å².